The van der Waals surface area contributed by atoms with Gasteiger partial charge in [-0.25, -0.2) is 9.98 Å². The van der Waals surface area contributed by atoms with E-state index in [0.29, 0.717) is 5.89 Å². The smallest absolute Gasteiger partial charge is 0.225 e. The van der Waals surface area contributed by atoms with Gasteiger partial charge in [-0.15, -0.1) is 0 Å². The Morgan fingerprint density at radius 1 is 1.26 bits per heavy atom. The molecule has 6 heteroatoms. The molecule has 1 N–H and O–H groups in total. The van der Waals surface area contributed by atoms with Gasteiger partial charge < -0.3 is 14.5 Å². The third-order valence-electron chi connectivity index (χ3n) is 2.54. The lowest BCUT2D eigenvalue weighted by atomic mass is 10.2. The van der Waals surface area contributed by atoms with Gasteiger partial charge in [0.2, 0.25) is 12.2 Å². The molecule has 1 unspecified atom stereocenters. The summed E-state index contributed by atoms with van der Waals surface area (Å²) in [5.41, 5.74) is 1.78. The van der Waals surface area contributed by atoms with Gasteiger partial charge in [0.15, 0.2) is 0 Å². The van der Waals surface area contributed by atoms with Gasteiger partial charge in [-0.2, -0.15) is 0 Å². The fourth-order valence-electron chi connectivity index (χ4n) is 1.63. The predicted octanol–water partition coefficient (Wildman–Crippen LogP) is 1.58. The fraction of sp³-hybridized carbons (Fsp3) is 0.154. The molecule has 0 aromatic carbocycles. The maximum absolute atomic E-state index is 5.48. The zero-order valence-electron chi connectivity index (χ0n) is 10.1. The van der Waals surface area contributed by atoms with E-state index >= 15 is 0 Å². The van der Waals surface area contributed by atoms with E-state index in [9.17, 15) is 0 Å². The number of hydrogen-bond donors (Lipinski definition) is 1. The first-order valence-corrected chi connectivity index (χ1v) is 5.82. The van der Waals surface area contributed by atoms with Crippen molar-refractivity contribution >= 4 is 11.8 Å². The SMILES string of the molecule is C1=NC(OCc2ncco2)NC=C1c1ccccn1. The number of aliphatic imine (C=N–C) groups is 1. The molecule has 0 bridgehead atoms. The highest BCUT2D eigenvalue weighted by Gasteiger charge is 2.11. The van der Waals surface area contributed by atoms with Crippen molar-refractivity contribution in [3.05, 3.63) is 54.6 Å². The normalized spacial score (nSPS) is 17.9. The molecule has 2 aromatic rings. The standard InChI is InChI=1S/C13H12N4O2/c1-2-4-14-11(3-1)10-7-16-13(17-8-10)19-9-12-15-5-6-18-12/h1-8,13,16H,9H2. The van der Waals surface area contributed by atoms with Gasteiger partial charge >= 0.3 is 0 Å². The third-order valence-corrected chi connectivity index (χ3v) is 2.54. The molecule has 0 saturated heterocycles. The van der Waals surface area contributed by atoms with Gasteiger partial charge in [-0.1, -0.05) is 6.07 Å². The van der Waals surface area contributed by atoms with Crippen molar-refractivity contribution in [3.63, 3.8) is 0 Å². The van der Waals surface area contributed by atoms with Crippen molar-refractivity contribution in [1.29, 1.82) is 0 Å². The summed E-state index contributed by atoms with van der Waals surface area (Å²) in [6, 6.07) is 5.73. The van der Waals surface area contributed by atoms with Crippen LogP contribution >= 0.6 is 0 Å². The van der Waals surface area contributed by atoms with E-state index in [1.54, 1.807) is 18.6 Å². The lowest BCUT2D eigenvalue weighted by molar-refractivity contribution is 0.0213. The van der Waals surface area contributed by atoms with Crippen molar-refractivity contribution < 1.29 is 9.15 Å². The lowest BCUT2D eigenvalue weighted by Crippen LogP contribution is -2.28. The Kier molecular flexibility index (Phi) is 3.33. The molecule has 0 aliphatic carbocycles. The lowest BCUT2D eigenvalue weighted by Gasteiger charge is -2.17. The number of oxazole rings is 1. The second-order valence-corrected chi connectivity index (χ2v) is 3.85. The molecule has 1 atom stereocenters. The zero-order valence-corrected chi connectivity index (χ0v) is 10.1. The molecule has 3 rings (SSSR count). The molecule has 0 saturated carbocycles. The first-order valence-electron chi connectivity index (χ1n) is 5.82. The van der Waals surface area contributed by atoms with Gasteiger partial charge in [-0.3, -0.25) is 4.98 Å². The molecular weight excluding hydrogens is 244 g/mol. The van der Waals surface area contributed by atoms with E-state index in [1.165, 1.54) is 6.26 Å². The van der Waals surface area contributed by atoms with Gasteiger partial charge in [0.05, 0.1) is 11.9 Å². The highest BCUT2D eigenvalue weighted by atomic mass is 16.5. The maximum atomic E-state index is 5.48. The number of pyridine rings is 1. The summed E-state index contributed by atoms with van der Waals surface area (Å²) < 4.78 is 10.6. The minimum absolute atomic E-state index is 0.273. The van der Waals surface area contributed by atoms with Gasteiger partial charge in [0.1, 0.15) is 12.9 Å². The summed E-state index contributed by atoms with van der Waals surface area (Å²) in [6.07, 6.45) is 7.97. The number of nitrogens with zero attached hydrogens (tertiary/aromatic N) is 3. The summed E-state index contributed by atoms with van der Waals surface area (Å²) in [6.45, 7) is 0.273. The first kappa shape index (κ1) is 11.6. The van der Waals surface area contributed by atoms with Crippen LogP contribution in [0.5, 0.6) is 0 Å². The monoisotopic (exact) mass is 256 g/mol. The van der Waals surface area contributed by atoms with E-state index in [0.717, 1.165) is 11.3 Å². The van der Waals surface area contributed by atoms with Crippen LogP contribution in [0.2, 0.25) is 0 Å². The van der Waals surface area contributed by atoms with E-state index in [2.05, 4.69) is 20.3 Å². The number of hydrogen-bond acceptors (Lipinski definition) is 6. The Morgan fingerprint density at radius 3 is 2.95 bits per heavy atom. The van der Waals surface area contributed by atoms with Crippen molar-refractivity contribution in [3.8, 4) is 0 Å². The molecule has 0 fully saturated rings. The molecule has 96 valence electrons. The number of nitrogens with one attached hydrogen (secondary N) is 1. The Balaban J connectivity index is 1.57. The molecule has 2 aromatic heterocycles. The van der Waals surface area contributed by atoms with Crippen molar-refractivity contribution in [1.82, 2.24) is 15.3 Å². The van der Waals surface area contributed by atoms with Crippen LogP contribution in [0.4, 0.5) is 0 Å². The number of allylic oxidation sites excluding steroid dienone is 1. The third kappa shape index (κ3) is 2.86. The second-order valence-electron chi connectivity index (χ2n) is 3.85. The van der Waals surface area contributed by atoms with Crippen LogP contribution in [0.1, 0.15) is 11.6 Å². The number of rotatable bonds is 4. The second kappa shape index (κ2) is 5.45. The Bertz CT molecular complexity index is 578. The topological polar surface area (TPSA) is 72.5 Å². The van der Waals surface area contributed by atoms with E-state index in [-0.39, 0.29) is 6.61 Å². The van der Waals surface area contributed by atoms with Gasteiger partial charge in [0, 0.05) is 24.2 Å². The van der Waals surface area contributed by atoms with Crippen LogP contribution in [-0.2, 0) is 11.3 Å². The molecule has 1 aliphatic heterocycles. The number of ether oxygens (including phenoxy) is 1. The molecule has 1 aliphatic rings. The molecular formula is C13H12N4O2. The van der Waals surface area contributed by atoms with Crippen molar-refractivity contribution in [2.75, 3.05) is 0 Å². The summed E-state index contributed by atoms with van der Waals surface area (Å²) in [5, 5.41) is 3.04. The van der Waals surface area contributed by atoms with E-state index in [4.69, 9.17) is 9.15 Å². The molecule has 6 nitrogen and oxygen atoms in total. The summed E-state index contributed by atoms with van der Waals surface area (Å²) in [5.74, 6) is 0.525. The average molecular weight is 256 g/mol. The average Bonchev–Trinajstić information content (AvgIpc) is 3.00. The summed E-state index contributed by atoms with van der Waals surface area (Å²) >= 11 is 0. The van der Waals surface area contributed by atoms with Crippen LogP contribution in [0.3, 0.4) is 0 Å². The van der Waals surface area contributed by atoms with E-state index in [1.807, 2.05) is 24.4 Å². The summed E-state index contributed by atoms with van der Waals surface area (Å²) in [7, 11) is 0. The highest BCUT2D eigenvalue weighted by Crippen LogP contribution is 2.12. The Morgan fingerprint density at radius 2 is 2.26 bits per heavy atom. The number of aromatic nitrogens is 2. The fourth-order valence-corrected chi connectivity index (χ4v) is 1.63. The van der Waals surface area contributed by atoms with Crippen LogP contribution in [0.25, 0.3) is 5.57 Å². The minimum Gasteiger partial charge on any atom is -0.446 e. The van der Waals surface area contributed by atoms with Gasteiger partial charge in [0.25, 0.3) is 0 Å². The van der Waals surface area contributed by atoms with Crippen LogP contribution in [0.15, 0.2) is 52.5 Å². The van der Waals surface area contributed by atoms with Crippen LogP contribution in [0, 0.1) is 0 Å². The Labute approximate surface area is 109 Å². The van der Waals surface area contributed by atoms with Crippen LogP contribution < -0.4 is 5.32 Å². The van der Waals surface area contributed by atoms with Crippen LogP contribution in [-0.4, -0.2) is 22.5 Å². The van der Waals surface area contributed by atoms with Gasteiger partial charge in [-0.05, 0) is 12.1 Å². The maximum Gasteiger partial charge on any atom is 0.225 e. The quantitative estimate of drug-likeness (QED) is 0.899. The molecule has 19 heavy (non-hydrogen) atoms. The predicted molar refractivity (Wildman–Crippen MR) is 68.9 cm³/mol. The minimum atomic E-state index is -0.431. The van der Waals surface area contributed by atoms with Crippen molar-refractivity contribution in [2.45, 2.75) is 13.0 Å². The van der Waals surface area contributed by atoms with E-state index < -0.39 is 6.35 Å². The molecule has 0 radical (unpaired) electrons. The molecule has 3 heterocycles. The largest absolute Gasteiger partial charge is 0.446 e. The summed E-state index contributed by atoms with van der Waals surface area (Å²) in [4.78, 5) is 12.5. The molecule has 0 amide bonds. The first-order chi connectivity index (χ1) is 9.42. The zero-order chi connectivity index (χ0) is 12.9. The highest BCUT2D eigenvalue weighted by molar-refractivity contribution is 6.09. The van der Waals surface area contributed by atoms with Crippen molar-refractivity contribution in [2.24, 2.45) is 4.99 Å². The Hall–Kier alpha value is -2.47. The molecule has 0 spiro atoms.